The molecular weight excluding hydrogens is 395 g/mol. The van der Waals surface area contributed by atoms with Crippen molar-refractivity contribution >= 4 is 25.5 Å². The van der Waals surface area contributed by atoms with Gasteiger partial charge in [-0.05, 0) is 0 Å². The van der Waals surface area contributed by atoms with E-state index in [0.717, 1.165) is 21.7 Å². The van der Waals surface area contributed by atoms with E-state index >= 15 is 0 Å². The van der Waals surface area contributed by atoms with E-state index in [0.29, 0.717) is 0 Å². The van der Waals surface area contributed by atoms with Gasteiger partial charge in [0.25, 0.3) is 0 Å². The minimum absolute atomic E-state index is 0.797. The van der Waals surface area contributed by atoms with Gasteiger partial charge < -0.3 is 0 Å². The number of benzene rings is 2. The molecule has 2 aromatic rings. The SMILES string of the molecule is CC(C)[C@@H]1CC[C@@H](C)C[C@H]1[Sn]([CH3])([c]1ccccc1)[c]1ccccc1. The monoisotopic (exact) mass is 428 g/mol. The van der Waals surface area contributed by atoms with Crippen molar-refractivity contribution in [2.45, 2.75) is 48.9 Å². The molecule has 0 spiro atoms. The maximum atomic E-state index is 2.71. The molecular formula is C23H32Sn. The van der Waals surface area contributed by atoms with Gasteiger partial charge in [-0.25, -0.2) is 0 Å². The van der Waals surface area contributed by atoms with Crippen LogP contribution in [0.5, 0.6) is 0 Å². The Hall–Kier alpha value is -0.761. The summed E-state index contributed by atoms with van der Waals surface area (Å²) in [6.45, 7) is 7.39. The fourth-order valence-corrected chi connectivity index (χ4v) is 20.0. The summed E-state index contributed by atoms with van der Waals surface area (Å²) >= 11 is -2.72. The zero-order valence-corrected chi connectivity index (χ0v) is 18.6. The number of hydrogen-bond acceptors (Lipinski definition) is 0. The predicted octanol–water partition coefficient (Wildman–Crippen LogP) is 5.34. The van der Waals surface area contributed by atoms with Crippen LogP contribution in [0.4, 0.5) is 0 Å². The molecule has 0 bridgehead atoms. The molecule has 1 aliphatic rings. The average molecular weight is 427 g/mol. The van der Waals surface area contributed by atoms with Crippen LogP contribution < -0.4 is 7.16 Å². The summed E-state index contributed by atoms with van der Waals surface area (Å²) in [5.74, 6) is 2.57. The molecule has 0 radical (unpaired) electrons. The molecule has 0 heterocycles. The molecule has 1 saturated carbocycles. The van der Waals surface area contributed by atoms with E-state index in [2.05, 4.69) is 86.4 Å². The second kappa shape index (κ2) is 7.64. The topological polar surface area (TPSA) is 0 Å². The minimum atomic E-state index is -2.72. The third kappa shape index (κ3) is 3.45. The maximum absolute atomic E-state index is 2.72. The molecule has 0 unspecified atom stereocenters. The van der Waals surface area contributed by atoms with Crippen molar-refractivity contribution in [3.63, 3.8) is 0 Å². The number of rotatable bonds is 4. The molecule has 0 amide bonds. The van der Waals surface area contributed by atoms with E-state index in [1.165, 1.54) is 19.3 Å². The van der Waals surface area contributed by atoms with Crippen molar-refractivity contribution in [1.82, 2.24) is 0 Å². The third-order valence-electron chi connectivity index (χ3n) is 6.51. The number of hydrogen-bond donors (Lipinski definition) is 0. The normalized spacial score (nSPS) is 25.0. The first-order chi connectivity index (χ1) is 11.5. The Kier molecular flexibility index (Phi) is 5.74. The first kappa shape index (κ1) is 18.0. The van der Waals surface area contributed by atoms with Crippen molar-refractivity contribution in [1.29, 1.82) is 0 Å². The zero-order chi connectivity index (χ0) is 17.2. The van der Waals surface area contributed by atoms with E-state index in [4.69, 9.17) is 0 Å². The molecule has 1 heteroatoms. The van der Waals surface area contributed by atoms with Gasteiger partial charge in [-0.15, -0.1) is 0 Å². The summed E-state index contributed by atoms with van der Waals surface area (Å²) in [6, 6.07) is 23.1. The van der Waals surface area contributed by atoms with Gasteiger partial charge in [0.05, 0.1) is 0 Å². The molecule has 0 nitrogen and oxygen atoms in total. The summed E-state index contributed by atoms with van der Waals surface area (Å²) in [6.07, 6.45) is 4.28. The van der Waals surface area contributed by atoms with Gasteiger partial charge in [0.1, 0.15) is 0 Å². The molecule has 24 heavy (non-hydrogen) atoms. The Morgan fingerprint density at radius 1 is 0.833 bits per heavy atom. The van der Waals surface area contributed by atoms with Gasteiger partial charge in [0, 0.05) is 0 Å². The summed E-state index contributed by atoms with van der Waals surface area (Å²) in [7, 11) is 0. The molecule has 3 rings (SSSR count). The second-order valence-corrected chi connectivity index (χ2v) is 20.6. The second-order valence-electron chi connectivity index (χ2n) is 8.37. The standard InChI is InChI=1S/C10H19.2C6H5.CH3.Sn/c1-8(2)10-6-4-9(3)5-7-10;2*1-2-4-6-5-3-1;;/h6,8-10H,4-5,7H2,1-3H3;2*1-5H;1H3;/t9-,10-;;;;/m0..../s1. The van der Waals surface area contributed by atoms with Crippen LogP contribution in [0, 0.1) is 17.8 Å². The molecule has 2 aromatic carbocycles. The van der Waals surface area contributed by atoms with Crippen LogP contribution in [0.3, 0.4) is 0 Å². The van der Waals surface area contributed by atoms with Crippen LogP contribution in [-0.2, 0) is 0 Å². The average Bonchev–Trinajstić information content (AvgIpc) is 2.62. The van der Waals surface area contributed by atoms with Gasteiger partial charge in [-0.1, -0.05) is 0 Å². The molecule has 1 fully saturated rings. The van der Waals surface area contributed by atoms with E-state index in [1.807, 2.05) is 0 Å². The van der Waals surface area contributed by atoms with Gasteiger partial charge >= 0.3 is 153 Å². The van der Waals surface area contributed by atoms with E-state index < -0.39 is 18.4 Å². The Labute approximate surface area is 152 Å². The van der Waals surface area contributed by atoms with E-state index in [9.17, 15) is 0 Å². The van der Waals surface area contributed by atoms with Crippen molar-refractivity contribution in [3.05, 3.63) is 60.7 Å². The van der Waals surface area contributed by atoms with Gasteiger partial charge in [-0.3, -0.25) is 0 Å². The summed E-state index contributed by atoms with van der Waals surface area (Å²) in [5.41, 5.74) is 0. The van der Waals surface area contributed by atoms with Crippen molar-refractivity contribution < 1.29 is 0 Å². The Morgan fingerprint density at radius 2 is 1.33 bits per heavy atom. The van der Waals surface area contributed by atoms with Gasteiger partial charge in [0.2, 0.25) is 0 Å². The van der Waals surface area contributed by atoms with Gasteiger partial charge in [-0.2, -0.15) is 0 Å². The molecule has 0 saturated heterocycles. The van der Waals surface area contributed by atoms with Crippen LogP contribution >= 0.6 is 0 Å². The molecule has 0 aliphatic heterocycles. The summed E-state index contributed by atoms with van der Waals surface area (Å²) < 4.78 is 4.28. The van der Waals surface area contributed by atoms with E-state index in [1.54, 1.807) is 7.16 Å². The molecule has 128 valence electrons. The quantitative estimate of drug-likeness (QED) is 0.578. The molecule has 0 aromatic heterocycles. The van der Waals surface area contributed by atoms with Crippen LogP contribution in [0.2, 0.25) is 8.87 Å². The van der Waals surface area contributed by atoms with Crippen LogP contribution in [0.1, 0.15) is 40.0 Å². The predicted molar refractivity (Wildman–Crippen MR) is 109 cm³/mol. The van der Waals surface area contributed by atoms with E-state index in [-0.39, 0.29) is 0 Å². The zero-order valence-electron chi connectivity index (χ0n) is 15.7. The van der Waals surface area contributed by atoms with Crippen LogP contribution in [0.15, 0.2) is 60.7 Å². The van der Waals surface area contributed by atoms with Crippen molar-refractivity contribution in [2.75, 3.05) is 0 Å². The summed E-state index contributed by atoms with van der Waals surface area (Å²) in [5, 5.41) is 0. The first-order valence-electron chi connectivity index (χ1n) is 9.64. The fourth-order valence-electron chi connectivity index (χ4n) is 5.03. The molecule has 3 atom stereocenters. The Balaban J connectivity index is 2.13. The Bertz CT molecular complexity index is 592. The van der Waals surface area contributed by atoms with Gasteiger partial charge in [0.15, 0.2) is 0 Å². The van der Waals surface area contributed by atoms with Crippen LogP contribution in [0.25, 0.3) is 0 Å². The first-order valence-corrected chi connectivity index (χ1v) is 17.0. The molecule has 1 aliphatic carbocycles. The van der Waals surface area contributed by atoms with Crippen molar-refractivity contribution in [3.8, 4) is 0 Å². The molecule has 0 N–H and O–H groups in total. The van der Waals surface area contributed by atoms with Crippen LogP contribution in [-0.4, -0.2) is 18.4 Å². The Morgan fingerprint density at radius 3 is 1.79 bits per heavy atom. The fraction of sp³-hybridized carbons (Fsp3) is 0.478. The van der Waals surface area contributed by atoms with Crippen molar-refractivity contribution in [2.24, 2.45) is 17.8 Å². The summed E-state index contributed by atoms with van der Waals surface area (Å²) in [4.78, 5) is 2.71. The third-order valence-corrected chi connectivity index (χ3v) is 21.4.